The zero-order chi connectivity index (χ0) is 16.4. The van der Waals surface area contributed by atoms with Gasteiger partial charge in [-0.2, -0.15) is 0 Å². The van der Waals surface area contributed by atoms with Crippen LogP contribution in [0.15, 0.2) is 28.8 Å². The molecule has 2 heterocycles. The number of amides is 2. The van der Waals surface area contributed by atoms with Crippen molar-refractivity contribution in [3.8, 4) is 0 Å². The minimum atomic E-state index is -0.108. The predicted molar refractivity (Wildman–Crippen MR) is 89.7 cm³/mol. The molecule has 3 N–H and O–H groups in total. The predicted octanol–water partition coefficient (Wildman–Crippen LogP) is 3.63. The Morgan fingerprint density at radius 2 is 2.13 bits per heavy atom. The van der Waals surface area contributed by atoms with Crippen molar-refractivity contribution in [2.45, 2.75) is 25.7 Å². The van der Waals surface area contributed by atoms with Gasteiger partial charge < -0.3 is 20.5 Å². The maximum Gasteiger partial charge on any atom is 0.321 e. The average Bonchev–Trinajstić information content (AvgIpc) is 2.97. The van der Waals surface area contributed by atoms with Gasteiger partial charge in [0.05, 0.1) is 5.69 Å². The van der Waals surface area contributed by atoms with Gasteiger partial charge in [0, 0.05) is 35.8 Å². The number of rotatable bonds is 2. The van der Waals surface area contributed by atoms with Crippen molar-refractivity contribution >= 4 is 29.2 Å². The smallest absolute Gasteiger partial charge is 0.321 e. The van der Waals surface area contributed by atoms with E-state index in [1.165, 1.54) is 0 Å². The summed E-state index contributed by atoms with van der Waals surface area (Å²) in [6.07, 6.45) is 1.68. The zero-order valence-corrected chi connectivity index (χ0v) is 13.6. The number of nitrogens with two attached hydrogens (primary N) is 1. The summed E-state index contributed by atoms with van der Waals surface area (Å²) in [5.74, 6) is 0.616. The van der Waals surface area contributed by atoms with Crippen molar-refractivity contribution in [2.24, 2.45) is 0 Å². The molecule has 2 aromatic rings. The molecule has 1 aliphatic heterocycles. The summed E-state index contributed by atoms with van der Waals surface area (Å²) in [4.78, 5) is 14.1. The van der Waals surface area contributed by atoms with E-state index in [0.29, 0.717) is 29.7 Å². The van der Waals surface area contributed by atoms with E-state index < -0.39 is 0 Å². The standard InChI is InChI=1S/C16H19ClN4O2/c1-10-2-3-12(8-13(10)17)19-16(22)21-6-4-11(5-7-21)14-9-15(18)23-20-14/h2-3,8-9,11H,4-7,18H2,1H3,(H,19,22). The lowest BCUT2D eigenvalue weighted by Crippen LogP contribution is -2.40. The number of halogens is 1. The molecule has 23 heavy (non-hydrogen) atoms. The van der Waals surface area contributed by atoms with Gasteiger partial charge in [-0.05, 0) is 37.5 Å². The molecule has 0 atom stereocenters. The van der Waals surface area contributed by atoms with Gasteiger partial charge in [-0.1, -0.05) is 22.8 Å². The molecule has 0 unspecified atom stereocenters. The van der Waals surface area contributed by atoms with Crippen LogP contribution in [-0.4, -0.2) is 29.2 Å². The number of nitrogen functional groups attached to an aromatic ring is 1. The molecule has 1 aromatic heterocycles. The Balaban J connectivity index is 1.56. The second-order valence-corrected chi connectivity index (χ2v) is 6.22. The van der Waals surface area contributed by atoms with Crippen LogP contribution >= 0.6 is 11.6 Å². The number of likely N-dealkylation sites (tertiary alicyclic amines) is 1. The van der Waals surface area contributed by atoms with Crippen LogP contribution in [0.2, 0.25) is 5.02 Å². The molecule has 0 bridgehead atoms. The van der Waals surface area contributed by atoms with Crippen molar-refractivity contribution in [1.82, 2.24) is 10.1 Å². The van der Waals surface area contributed by atoms with Crippen LogP contribution < -0.4 is 11.1 Å². The highest BCUT2D eigenvalue weighted by molar-refractivity contribution is 6.31. The van der Waals surface area contributed by atoms with Crippen LogP contribution in [0.5, 0.6) is 0 Å². The fourth-order valence-corrected chi connectivity index (χ4v) is 2.93. The molecule has 1 saturated heterocycles. The van der Waals surface area contributed by atoms with Crippen molar-refractivity contribution < 1.29 is 9.32 Å². The van der Waals surface area contributed by atoms with Crippen LogP contribution in [0, 0.1) is 6.92 Å². The monoisotopic (exact) mass is 334 g/mol. The van der Waals surface area contributed by atoms with Gasteiger partial charge >= 0.3 is 6.03 Å². The van der Waals surface area contributed by atoms with Gasteiger partial charge in [-0.3, -0.25) is 0 Å². The Kier molecular flexibility index (Phi) is 4.43. The average molecular weight is 335 g/mol. The number of anilines is 2. The van der Waals surface area contributed by atoms with E-state index in [-0.39, 0.29) is 11.9 Å². The normalized spacial score (nSPS) is 15.7. The molecule has 1 fully saturated rings. The number of piperidine rings is 1. The summed E-state index contributed by atoms with van der Waals surface area (Å²) >= 11 is 6.08. The maximum atomic E-state index is 12.3. The number of urea groups is 1. The summed E-state index contributed by atoms with van der Waals surface area (Å²) in [7, 11) is 0. The Bertz CT molecular complexity index is 708. The number of hydrogen-bond donors (Lipinski definition) is 2. The zero-order valence-electron chi connectivity index (χ0n) is 12.9. The number of aryl methyl sites for hydroxylation is 1. The summed E-state index contributed by atoms with van der Waals surface area (Å²) in [6, 6.07) is 7.15. The summed E-state index contributed by atoms with van der Waals surface area (Å²) in [5, 5.41) is 7.49. The van der Waals surface area contributed by atoms with Crippen molar-refractivity contribution in [1.29, 1.82) is 0 Å². The van der Waals surface area contributed by atoms with Gasteiger partial charge in [0.1, 0.15) is 0 Å². The van der Waals surface area contributed by atoms with Crippen LogP contribution in [-0.2, 0) is 0 Å². The van der Waals surface area contributed by atoms with Crippen molar-refractivity contribution in [3.05, 3.63) is 40.5 Å². The number of aromatic nitrogens is 1. The van der Waals surface area contributed by atoms with Crippen LogP contribution in [0.25, 0.3) is 0 Å². The summed E-state index contributed by atoms with van der Waals surface area (Å²) in [6.45, 7) is 3.26. The van der Waals surface area contributed by atoms with Gasteiger partial charge in [0.15, 0.2) is 0 Å². The van der Waals surface area contributed by atoms with E-state index in [4.69, 9.17) is 21.9 Å². The SMILES string of the molecule is Cc1ccc(NC(=O)N2CCC(c3cc(N)on3)CC2)cc1Cl. The Labute approximate surface area is 139 Å². The van der Waals surface area contributed by atoms with E-state index in [1.807, 2.05) is 19.1 Å². The quantitative estimate of drug-likeness (QED) is 0.878. The minimum Gasteiger partial charge on any atom is -0.368 e. The lowest BCUT2D eigenvalue weighted by atomic mass is 9.94. The number of hydrogen-bond acceptors (Lipinski definition) is 4. The molecular formula is C16H19ClN4O2. The van der Waals surface area contributed by atoms with Crippen LogP contribution in [0.1, 0.15) is 30.0 Å². The highest BCUT2D eigenvalue weighted by Crippen LogP contribution is 2.28. The molecule has 0 saturated carbocycles. The Morgan fingerprint density at radius 3 is 2.74 bits per heavy atom. The lowest BCUT2D eigenvalue weighted by molar-refractivity contribution is 0.193. The van der Waals surface area contributed by atoms with Crippen LogP contribution in [0.4, 0.5) is 16.4 Å². The first kappa shape index (κ1) is 15.7. The van der Waals surface area contributed by atoms with Crippen LogP contribution in [0.3, 0.4) is 0 Å². The Morgan fingerprint density at radius 1 is 1.39 bits per heavy atom. The largest absolute Gasteiger partial charge is 0.368 e. The van der Waals surface area contributed by atoms with Gasteiger partial charge in [-0.15, -0.1) is 0 Å². The van der Waals surface area contributed by atoms with Gasteiger partial charge in [0.2, 0.25) is 5.88 Å². The third-order valence-corrected chi connectivity index (χ3v) is 4.58. The third-order valence-electron chi connectivity index (χ3n) is 4.17. The molecule has 6 nitrogen and oxygen atoms in total. The fraction of sp³-hybridized carbons (Fsp3) is 0.375. The summed E-state index contributed by atoms with van der Waals surface area (Å²) < 4.78 is 4.91. The number of nitrogens with one attached hydrogen (secondary N) is 1. The molecule has 0 spiro atoms. The maximum absolute atomic E-state index is 12.3. The molecule has 3 rings (SSSR count). The van der Waals surface area contributed by atoms with E-state index >= 15 is 0 Å². The summed E-state index contributed by atoms with van der Waals surface area (Å²) in [5.41, 5.74) is 8.11. The molecule has 0 aliphatic carbocycles. The van der Waals surface area contributed by atoms with Crippen molar-refractivity contribution in [3.63, 3.8) is 0 Å². The number of carbonyl (C=O) groups is 1. The van der Waals surface area contributed by atoms with Gasteiger partial charge in [-0.25, -0.2) is 4.79 Å². The molecule has 7 heteroatoms. The second kappa shape index (κ2) is 6.50. The Hall–Kier alpha value is -2.21. The molecule has 1 aromatic carbocycles. The molecule has 0 radical (unpaired) electrons. The first-order valence-corrected chi connectivity index (χ1v) is 7.95. The number of carbonyl (C=O) groups excluding carboxylic acids is 1. The first-order chi connectivity index (χ1) is 11.0. The van der Waals surface area contributed by atoms with Crippen molar-refractivity contribution in [2.75, 3.05) is 24.1 Å². The van der Waals surface area contributed by atoms with E-state index in [9.17, 15) is 4.79 Å². The topological polar surface area (TPSA) is 84.4 Å². The van der Waals surface area contributed by atoms with Gasteiger partial charge in [0.25, 0.3) is 0 Å². The third kappa shape index (κ3) is 3.59. The van der Waals surface area contributed by atoms with E-state index in [2.05, 4.69) is 10.5 Å². The highest BCUT2D eigenvalue weighted by Gasteiger charge is 2.25. The highest BCUT2D eigenvalue weighted by atomic mass is 35.5. The first-order valence-electron chi connectivity index (χ1n) is 7.57. The minimum absolute atomic E-state index is 0.108. The molecule has 2 amide bonds. The van der Waals surface area contributed by atoms with E-state index in [1.54, 1.807) is 17.0 Å². The molecule has 122 valence electrons. The second-order valence-electron chi connectivity index (χ2n) is 5.81. The molecular weight excluding hydrogens is 316 g/mol. The van der Waals surface area contributed by atoms with E-state index in [0.717, 1.165) is 24.1 Å². The lowest BCUT2D eigenvalue weighted by Gasteiger charge is -2.31. The number of nitrogens with zero attached hydrogens (tertiary/aromatic N) is 2. The number of benzene rings is 1. The fourth-order valence-electron chi connectivity index (χ4n) is 2.75. The molecule has 1 aliphatic rings.